The van der Waals surface area contributed by atoms with Gasteiger partial charge in [-0.2, -0.15) is 0 Å². The first kappa shape index (κ1) is 20.8. The predicted octanol–water partition coefficient (Wildman–Crippen LogP) is 2.77. The molecule has 1 aromatic carbocycles. The van der Waals surface area contributed by atoms with Crippen LogP contribution in [0.5, 0.6) is 0 Å². The van der Waals surface area contributed by atoms with Crippen molar-refractivity contribution in [2.75, 3.05) is 6.54 Å². The number of rotatable bonds is 10. The van der Waals surface area contributed by atoms with E-state index in [0.717, 1.165) is 22.9 Å². The number of carbonyl (C=O) groups excluding carboxylic acids is 3. The van der Waals surface area contributed by atoms with Crippen molar-refractivity contribution in [3.05, 3.63) is 35.5 Å². The molecule has 0 saturated heterocycles. The van der Waals surface area contributed by atoms with E-state index < -0.39 is 17.7 Å². The zero-order chi connectivity index (χ0) is 20.0. The molecule has 1 aromatic heterocycles. The summed E-state index contributed by atoms with van der Waals surface area (Å²) in [6.07, 6.45) is 3.93. The van der Waals surface area contributed by atoms with Crippen LogP contribution in [0.2, 0.25) is 0 Å². The Labute approximate surface area is 160 Å². The number of aromatic amines is 1. The van der Waals surface area contributed by atoms with Crippen LogP contribution in [-0.2, 0) is 16.0 Å². The molecule has 0 aliphatic rings. The SMILES string of the molecule is CCCC(NCC)C(=O)C(=O)NC(C)Cc1c[nH]c2ccc(C(C)=O)cc12. The molecule has 0 radical (unpaired) electrons. The van der Waals surface area contributed by atoms with Gasteiger partial charge in [0.05, 0.1) is 6.04 Å². The second kappa shape index (κ2) is 9.46. The quantitative estimate of drug-likeness (QED) is 0.442. The average molecular weight is 371 g/mol. The van der Waals surface area contributed by atoms with E-state index >= 15 is 0 Å². The minimum atomic E-state index is -0.550. The van der Waals surface area contributed by atoms with Gasteiger partial charge < -0.3 is 15.6 Å². The fourth-order valence-corrected chi connectivity index (χ4v) is 3.26. The minimum Gasteiger partial charge on any atom is -0.361 e. The lowest BCUT2D eigenvalue weighted by molar-refractivity contribution is -0.139. The summed E-state index contributed by atoms with van der Waals surface area (Å²) in [5.41, 5.74) is 2.60. The van der Waals surface area contributed by atoms with Gasteiger partial charge in [-0.25, -0.2) is 0 Å². The minimum absolute atomic E-state index is 0.0152. The summed E-state index contributed by atoms with van der Waals surface area (Å²) in [6.45, 7) is 7.97. The van der Waals surface area contributed by atoms with Crippen LogP contribution in [-0.4, -0.2) is 41.1 Å². The van der Waals surface area contributed by atoms with E-state index in [1.807, 2.05) is 39.1 Å². The highest BCUT2D eigenvalue weighted by atomic mass is 16.2. The van der Waals surface area contributed by atoms with Gasteiger partial charge in [0, 0.05) is 28.7 Å². The summed E-state index contributed by atoms with van der Waals surface area (Å²) >= 11 is 0. The molecule has 1 heterocycles. The van der Waals surface area contributed by atoms with Gasteiger partial charge in [-0.15, -0.1) is 0 Å². The van der Waals surface area contributed by atoms with Gasteiger partial charge in [-0.3, -0.25) is 14.4 Å². The van der Waals surface area contributed by atoms with E-state index in [0.29, 0.717) is 24.9 Å². The number of Topliss-reactive ketones (excluding diaryl/α,β-unsaturated/α-hetero) is 2. The van der Waals surface area contributed by atoms with E-state index in [4.69, 9.17) is 0 Å². The van der Waals surface area contributed by atoms with E-state index in [1.54, 1.807) is 13.0 Å². The van der Waals surface area contributed by atoms with Crippen LogP contribution in [0, 0.1) is 0 Å². The van der Waals surface area contributed by atoms with Crippen LogP contribution in [0.25, 0.3) is 10.9 Å². The molecular weight excluding hydrogens is 342 g/mol. The fourth-order valence-electron chi connectivity index (χ4n) is 3.26. The Bertz CT molecular complexity index is 819. The molecule has 1 amide bonds. The van der Waals surface area contributed by atoms with E-state index in [-0.39, 0.29) is 11.8 Å². The Morgan fingerprint density at radius 2 is 1.93 bits per heavy atom. The number of carbonyl (C=O) groups is 3. The smallest absolute Gasteiger partial charge is 0.289 e. The largest absolute Gasteiger partial charge is 0.361 e. The molecule has 2 atom stereocenters. The normalized spacial score (nSPS) is 13.3. The Morgan fingerprint density at radius 3 is 2.56 bits per heavy atom. The van der Waals surface area contributed by atoms with Crippen LogP contribution in [0.4, 0.5) is 0 Å². The van der Waals surface area contributed by atoms with E-state index in [2.05, 4.69) is 15.6 Å². The van der Waals surface area contributed by atoms with E-state index in [9.17, 15) is 14.4 Å². The molecule has 6 nitrogen and oxygen atoms in total. The second-order valence-corrected chi connectivity index (χ2v) is 6.97. The molecule has 0 fully saturated rings. The molecule has 6 heteroatoms. The van der Waals surface area contributed by atoms with Crippen molar-refractivity contribution in [2.24, 2.45) is 0 Å². The number of likely N-dealkylation sites (N-methyl/N-ethyl adjacent to an activating group) is 1. The molecule has 2 unspecified atom stereocenters. The highest BCUT2D eigenvalue weighted by Crippen LogP contribution is 2.21. The van der Waals surface area contributed by atoms with Crippen LogP contribution in [0.1, 0.15) is 56.5 Å². The maximum absolute atomic E-state index is 12.4. The molecule has 2 aromatic rings. The summed E-state index contributed by atoms with van der Waals surface area (Å²) in [7, 11) is 0. The Kier molecular flexibility index (Phi) is 7.30. The van der Waals surface area contributed by atoms with Crippen molar-refractivity contribution in [1.82, 2.24) is 15.6 Å². The van der Waals surface area contributed by atoms with Gasteiger partial charge in [-0.1, -0.05) is 20.3 Å². The lowest BCUT2D eigenvalue weighted by atomic mass is 10.0. The third-order valence-electron chi connectivity index (χ3n) is 4.65. The lowest BCUT2D eigenvalue weighted by Crippen LogP contribution is -2.47. The molecule has 146 valence electrons. The zero-order valence-corrected chi connectivity index (χ0v) is 16.5. The van der Waals surface area contributed by atoms with Crippen molar-refractivity contribution in [2.45, 2.75) is 59.0 Å². The molecule has 0 saturated carbocycles. The number of benzene rings is 1. The summed E-state index contributed by atoms with van der Waals surface area (Å²) in [5.74, 6) is -0.948. The van der Waals surface area contributed by atoms with Gasteiger partial charge in [0.15, 0.2) is 5.78 Å². The summed E-state index contributed by atoms with van der Waals surface area (Å²) in [5, 5.41) is 6.85. The molecule has 27 heavy (non-hydrogen) atoms. The number of hydrogen-bond donors (Lipinski definition) is 3. The number of H-pyrrole nitrogens is 1. The Balaban J connectivity index is 2.06. The molecule has 0 aliphatic carbocycles. The predicted molar refractivity (Wildman–Crippen MR) is 107 cm³/mol. The average Bonchev–Trinajstić information content (AvgIpc) is 3.02. The number of aromatic nitrogens is 1. The molecule has 3 N–H and O–H groups in total. The highest BCUT2D eigenvalue weighted by Gasteiger charge is 2.25. The molecule has 0 aliphatic heterocycles. The van der Waals surface area contributed by atoms with Gasteiger partial charge in [0.1, 0.15) is 0 Å². The summed E-state index contributed by atoms with van der Waals surface area (Å²) in [4.78, 5) is 39.5. The van der Waals surface area contributed by atoms with Crippen LogP contribution < -0.4 is 10.6 Å². The van der Waals surface area contributed by atoms with Crippen molar-refractivity contribution < 1.29 is 14.4 Å². The summed E-state index contributed by atoms with van der Waals surface area (Å²) < 4.78 is 0. The number of nitrogens with one attached hydrogen (secondary N) is 3. The van der Waals surface area contributed by atoms with Gasteiger partial charge >= 0.3 is 0 Å². The summed E-state index contributed by atoms with van der Waals surface area (Å²) in [6, 6.07) is 4.91. The van der Waals surface area contributed by atoms with Crippen molar-refractivity contribution in [3.8, 4) is 0 Å². The van der Waals surface area contributed by atoms with Crippen LogP contribution in [0.3, 0.4) is 0 Å². The standard InChI is InChI=1S/C21H29N3O3/c1-5-7-19(22-6-2)20(26)21(27)24-13(3)10-16-12-23-18-9-8-15(14(4)25)11-17(16)18/h8-9,11-13,19,22-23H,5-7,10H2,1-4H3,(H,24,27). The molecule has 0 bridgehead atoms. The van der Waals surface area contributed by atoms with Crippen molar-refractivity contribution >= 4 is 28.4 Å². The van der Waals surface area contributed by atoms with Crippen LogP contribution in [0.15, 0.2) is 24.4 Å². The third kappa shape index (κ3) is 5.26. The van der Waals surface area contributed by atoms with Crippen molar-refractivity contribution in [3.63, 3.8) is 0 Å². The van der Waals surface area contributed by atoms with Gasteiger partial charge in [-0.05, 0) is 57.0 Å². The zero-order valence-electron chi connectivity index (χ0n) is 16.5. The monoisotopic (exact) mass is 371 g/mol. The topological polar surface area (TPSA) is 91.1 Å². The molecule has 0 spiro atoms. The van der Waals surface area contributed by atoms with Gasteiger partial charge in [0.2, 0.25) is 5.78 Å². The maximum atomic E-state index is 12.4. The third-order valence-corrected chi connectivity index (χ3v) is 4.65. The van der Waals surface area contributed by atoms with Crippen molar-refractivity contribution in [1.29, 1.82) is 0 Å². The Morgan fingerprint density at radius 1 is 1.19 bits per heavy atom. The first-order valence-electron chi connectivity index (χ1n) is 9.56. The Hall–Kier alpha value is -2.47. The maximum Gasteiger partial charge on any atom is 0.289 e. The highest BCUT2D eigenvalue weighted by molar-refractivity contribution is 6.38. The number of hydrogen-bond acceptors (Lipinski definition) is 4. The number of ketones is 2. The van der Waals surface area contributed by atoms with Crippen LogP contribution >= 0.6 is 0 Å². The first-order chi connectivity index (χ1) is 12.9. The fraction of sp³-hybridized carbons (Fsp3) is 0.476. The first-order valence-corrected chi connectivity index (χ1v) is 9.56. The second-order valence-electron chi connectivity index (χ2n) is 6.97. The lowest BCUT2D eigenvalue weighted by Gasteiger charge is -2.18. The number of fused-ring (bicyclic) bond motifs is 1. The number of amides is 1. The molecule has 2 rings (SSSR count). The molecular formula is C21H29N3O3. The van der Waals surface area contributed by atoms with E-state index in [1.165, 1.54) is 0 Å². The van der Waals surface area contributed by atoms with Gasteiger partial charge in [0.25, 0.3) is 5.91 Å².